The van der Waals surface area contributed by atoms with Gasteiger partial charge in [-0.05, 0) is 26.0 Å². The monoisotopic (exact) mass is 497 g/mol. The highest BCUT2D eigenvalue weighted by Gasteiger charge is 2.43. The van der Waals surface area contributed by atoms with Gasteiger partial charge in [0.2, 0.25) is 5.91 Å². The number of halogens is 3. The van der Waals surface area contributed by atoms with E-state index in [-0.39, 0.29) is 19.7 Å². The molecule has 2 aromatic heterocycles. The molecule has 0 aliphatic carbocycles. The number of nitrogens with one attached hydrogen (secondary N) is 1. The number of ether oxygens (including phenoxy) is 1. The van der Waals surface area contributed by atoms with Crippen LogP contribution in [0.2, 0.25) is 0 Å². The number of hydrogen-bond acceptors (Lipinski definition) is 7. The molecule has 8 nitrogen and oxygen atoms in total. The molecule has 0 spiro atoms. The van der Waals surface area contributed by atoms with Crippen molar-refractivity contribution in [3.05, 3.63) is 48.3 Å². The number of pyridine rings is 1. The van der Waals surface area contributed by atoms with Gasteiger partial charge >= 0.3 is 12.3 Å². The van der Waals surface area contributed by atoms with Gasteiger partial charge in [0.1, 0.15) is 24.2 Å². The molecule has 2 aromatic rings. The number of amides is 2. The predicted octanol–water partition coefficient (Wildman–Crippen LogP) is 3.43. The summed E-state index contributed by atoms with van der Waals surface area (Å²) in [5, 5.41) is 4.58. The molecule has 0 aromatic carbocycles. The number of hydrogen-bond donors (Lipinski definition) is 1. The van der Waals surface area contributed by atoms with Crippen LogP contribution in [0.4, 0.5) is 18.0 Å². The summed E-state index contributed by atoms with van der Waals surface area (Å²) in [6, 6.07) is 2.55. The lowest BCUT2D eigenvalue weighted by Crippen LogP contribution is -2.64. The lowest BCUT2D eigenvalue weighted by atomic mass is 9.96. The normalized spacial score (nSPS) is 17.3. The van der Waals surface area contributed by atoms with E-state index < -0.39 is 36.3 Å². The van der Waals surface area contributed by atoms with Gasteiger partial charge in [0.05, 0.1) is 11.2 Å². The molecule has 1 aliphatic heterocycles. The van der Waals surface area contributed by atoms with E-state index in [0.717, 1.165) is 21.2 Å². The Hall–Kier alpha value is -2.99. The van der Waals surface area contributed by atoms with Crippen LogP contribution in [0.3, 0.4) is 0 Å². The minimum absolute atomic E-state index is 0.0135. The average Bonchev–Trinajstić information content (AvgIpc) is 3.32. The van der Waals surface area contributed by atoms with Crippen LogP contribution in [0.15, 0.2) is 42.6 Å². The summed E-state index contributed by atoms with van der Waals surface area (Å²) in [6.45, 7) is 6.25. The Bertz CT molecular complexity index is 1010. The van der Waals surface area contributed by atoms with Crippen molar-refractivity contribution in [1.29, 1.82) is 0 Å². The highest BCUT2D eigenvalue weighted by atomic mass is 32.1. The number of alkyl halides is 3. The van der Waals surface area contributed by atoms with Gasteiger partial charge in [-0.2, -0.15) is 13.2 Å². The second kappa shape index (κ2) is 10.5. The van der Waals surface area contributed by atoms with Crippen molar-refractivity contribution in [1.82, 2.24) is 25.1 Å². The van der Waals surface area contributed by atoms with Crippen LogP contribution in [0.25, 0.3) is 10.6 Å². The third-order valence-electron chi connectivity index (χ3n) is 5.54. The molecule has 0 radical (unpaired) electrons. The Morgan fingerprint density at radius 3 is 2.76 bits per heavy atom. The summed E-state index contributed by atoms with van der Waals surface area (Å²) in [5.41, 5.74) is 0.957. The van der Waals surface area contributed by atoms with E-state index in [0.29, 0.717) is 6.54 Å². The Labute approximate surface area is 199 Å². The second-order valence-electron chi connectivity index (χ2n) is 8.19. The topological polar surface area (TPSA) is 87.7 Å². The number of piperazine rings is 1. The Kier molecular flexibility index (Phi) is 7.93. The quantitative estimate of drug-likeness (QED) is 0.590. The van der Waals surface area contributed by atoms with Crippen LogP contribution in [0.5, 0.6) is 0 Å². The number of carbonyl (C=O) groups is 2. The Morgan fingerprint density at radius 2 is 2.12 bits per heavy atom. The number of nitrogens with zero attached hydrogens (tertiary/aromatic N) is 4. The molecule has 0 saturated carbocycles. The van der Waals surface area contributed by atoms with Gasteiger partial charge in [0, 0.05) is 43.0 Å². The first-order chi connectivity index (χ1) is 16.0. The molecule has 1 aliphatic rings. The molecule has 34 heavy (non-hydrogen) atoms. The molecular formula is C22H26F3N5O3S. The highest BCUT2D eigenvalue weighted by molar-refractivity contribution is 7.13. The maximum Gasteiger partial charge on any atom is 0.410 e. The summed E-state index contributed by atoms with van der Waals surface area (Å²) in [7, 11) is 0. The minimum atomic E-state index is -4.57. The zero-order chi connectivity index (χ0) is 24.9. The summed E-state index contributed by atoms with van der Waals surface area (Å²) in [4.78, 5) is 37.1. The molecule has 2 amide bonds. The van der Waals surface area contributed by atoms with Crippen LogP contribution < -0.4 is 5.32 Å². The zero-order valence-corrected chi connectivity index (χ0v) is 19.7. The molecule has 3 heterocycles. The first-order valence-electron chi connectivity index (χ1n) is 10.5. The van der Waals surface area contributed by atoms with Crippen LogP contribution in [-0.4, -0.2) is 76.8 Å². The fraction of sp³-hybridized carbons (Fsp3) is 0.455. The molecule has 1 saturated heterocycles. The molecule has 1 fully saturated rings. The first-order valence-corrected chi connectivity index (χ1v) is 11.4. The van der Waals surface area contributed by atoms with Crippen molar-refractivity contribution in [3.8, 4) is 10.6 Å². The highest BCUT2D eigenvalue weighted by Crippen LogP contribution is 2.34. The van der Waals surface area contributed by atoms with Gasteiger partial charge in [-0.15, -0.1) is 11.3 Å². The summed E-state index contributed by atoms with van der Waals surface area (Å²) in [6.07, 6.45) is -0.591. The summed E-state index contributed by atoms with van der Waals surface area (Å²) in [5.74, 6) is -0.900. The molecule has 1 atom stereocenters. The third kappa shape index (κ3) is 6.11. The minimum Gasteiger partial charge on any atom is -0.445 e. The number of carbonyl (C=O) groups excluding carboxylic acids is 2. The fourth-order valence-electron chi connectivity index (χ4n) is 3.59. The standard InChI is InChI=1S/C22H26F3N5O3S/c1-4-10-33-20(32)30-9-8-29(12-16(30)18(31)27-14-22(23,24)25)21(2,3)17-13-34-19(28-17)15-6-5-7-26-11-15/h4-7,11,13,16H,1,8-10,12,14H2,2-3H3,(H,27,31)/t16-/m0/s1. The van der Waals surface area contributed by atoms with E-state index in [2.05, 4.69) is 11.6 Å². The molecule has 12 heteroatoms. The number of rotatable bonds is 7. The molecular weight excluding hydrogens is 471 g/mol. The molecule has 0 bridgehead atoms. The van der Waals surface area contributed by atoms with E-state index >= 15 is 0 Å². The zero-order valence-electron chi connectivity index (χ0n) is 18.8. The van der Waals surface area contributed by atoms with Crippen LogP contribution in [0.1, 0.15) is 19.5 Å². The van der Waals surface area contributed by atoms with Gasteiger partial charge in [-0.25, -0.2) is 9.78 Å². The molecule has 0 unspecified atom stereocenters. The predicted molar refractivity (Wildman–Crippen MR) is 121 cm³/mol. The van der Waals surface area contributed by atoms with E-state index in [1.54, 1.807) is 12.4 Å². The number of thiazole rings is 1. The van der Waals surface area contributed by atoms with Gasteiger partial charge in [0.15, 0.2) is 0 Å². The van der Waals surface area contributed by atoms with E-state index in [1.807, 2.05) is 41.6 Å². The Balaban J connectivity index is 1.81. The largest absolute Gasteiger partial charge is 0.445 e. The first kappa shape index (κ1) is 25.6. The maximum absolute atomic E-state index is 12.7. The average molecular weight is 498 g/mol. The number of aromatic nitrogens is 2. The van der Waals surface area contributed by atoms with E-state index in [4.69, 9.17) is 9.72 Å². The molecule has 1 N–H and O–H groups in total. The van der Waals surface area contributed by atoms with Crippen molar-refractivity contribution in [2.45, 2.75) is 31.6 Å². The van der Waals surface area contributed by atoms with Crippen molar-refractivity contribution >= 4 is 23.3 Å². The summed E-state index contributed by atoms with van der Waals surface area (Å²) < 4.78 is 43.1. The summed E-state index contributed by atoms with van der Waals surface area (Å²) >= 11 is 1.45. The van der Waals surface area contributed by atoms with Crippen LogP contribution in [0, 0.1) is 0 Å². The van der Waals surface area contributed by atoms with E-state index in [1.165, 1.54) is 17.4 Å². The van der Waals surface area contributed by atoms with Gasteiger partial charge < -0.3 is 10.1 Å². The van der Waals surface area contributed by atoms with Gasteiger partial charge in [0.25, 0.3) is 0 Å². The molecule has 3 rings (SSSR count). The van der Waals surface area contributed by atoms with Gasteiger partial charge in [-0.3, -0.25) is 19.6 Å². The molecule has 184 valence electrons. The third-order valence-corrected chi connectivity index (χ3v) is 6.43. The maximum atomic E-state index is 12.7. The van der Waals surface area contributed by atoms with Crippen LogP contribution in [-0.2, 0) is 15.1 Å². The lowest BCUT2D eigenvalue weighted by Gasteiger charge is -2.46. The van der Waals surface area contributed by atoms with Crippen molar-refractivity contribution in [2.24, 2.45) is 0 Å². The van der Waals surface area contributed by atoms with Crippen molar-refractivity contribution in [3.63, 3.8) is 0 Å². The van der Waals surface area contributed by atoms with Gasteiger partial charge in [-0.1, -0.05) is 12.7 Å². The second-order valence-corrected chi connectivity index (χ2v) is 9.05. The smallest absolute Gasteiger partial charge is 0.410 e. The SMILES string of the molecule is C=CCOC(=O)N1CCN(C(C)(C)c2csc(-c3cccnc3)n2)C[C@H]1C(=O)NCC(F)(F)F. The fourth-order valence-corrected chi connectivity index (χ4v) is 4.56. The van der Waals surface area contributed by atoms with Crippen LogP contribution >= 0.6 is 11.3 Å². The van der Waals surface area contributed by atoms with E-state index in [9.17, 15) is 22.8 Å². The van der Waals surface area contributed by atoms with Crippen molar-refractivity contribution in [2.75, 3.05) is 32.8 Å². The lowest BCUT2D eigenvalue weighted by molar-refractivity contribution is -0.143. The van der Waals surface area contributed by atoms with Crippen molar-refractivity contribution < 1.29 is 27.5 Å². The Morgan fingerprint density at radius 1 is 1.35 bits per heavy atom.